The Kier molecular flexibility index (Phi) is 8.13. The van der Waals surface area contributed by atoms with E-state index in [1.165, 1.54) is 64.6 Å². The summed E-state index contributed by atoms with van der Waals surface area (Å²) in [5.41, 5.74) is 0.512. The van der Waals surface area contributed by atoms with E-state index >= 15 is 0 Å². The van der Waals surface area contributed by atoms with Gasteiger partial charge in [0.2, 0.25) is 0 Å². The first kappa shape index (κ1) is 18.0. The van der Waals surface area contributed by atoms with E-state index in [-0.39, 0.29) is 0 Å². The van der Waals surface area contributed by atoms with Gasteiger partial charge in [-0.2, -0.15) is 0 Å². The Labute approximate surface area is 127 Å². The summed E-state index contributed by atoms with van der Waals surface area (Å²) in [5, 5.41) is 0. The van der Waals surface area contributed by atoms with Crippen molar-refractivity contribution in [2.75, 3.05) is 19.6 Å². The Bertz CT molecular complexity index is 236. The molecular formula is C18H37NO. The second-order valence-corrected chi connectivity index (χ2v) is 7.95. The van der Waals surface area contributed by atoms with Crippen LogP contribution in [-0.2, 0) is 4.74 Å². The zero-order chi connectivity index (χ0) is 15.0. The molecule has 0 aromatic rings. The molecule has 2 nitrogen and oxygen atoms in total. The first-order chi connectivity index (χ1) is 9.37. The third-order valence-corrected chi connectivity index (χ3v) is 4.15. The molecule has 1 fully saturated rings. The summed E-state index contributed by atoms with van der Waals surface area (Å²) in [6, 6.07) is 0. The van der Waals surface area contributed by atoms with E-state index in [9.17, 15) is 0 Å². The number of nitrogens with zero attached hydrogens (tertiary/aromatic N) is 1. The highest BCUT2D eigenvalue weighted by Crippen LogP contribution is 2.22. The highest BCUT2D eigenvalue weighted by Gasteiger charge is 2.19. The van der Waals surface area contributed by atoms with Crippen LogP contribution in [0.4, 0.5) is 0 Å². The van der Waals surface area contributed by atoms with Gasteiger partial charge in [-0.05, 0) is 51.5 Å². The fraction of sp³-hybridized carbons (Fsp3) is 1.00. The van der Waals surface area contributed by atoms with Crippen LogP contribution in [0.5, 0.6) is 0 Å². The molecule has 2 heteroatoms. The fourth-order valence-corrected chi connectivity index (χ4v) is 3.00. The fourth-order valence-electron chi connectivity index (χ4n) is 3.00. The molecule has 120 valence electrons. The lowest BCUT2D eigenvalue weighted by Crippen LogP contribution is -2.38. The lowest BCUT2D eigenvalue weighted by Gasteiger charge is -2.32. The van der Waals surface area contributed by atoms with Crippen LogP contribution in [-0.4, -0.2) is 36.7 Å². The van der Waals surface area contributed by atoms with E-state index in [0.717, 1.165) is 0 Å². The van der Waals surface area contributed by atoms with Gasteiger partial charge in [-0.25, -0.2) is 0 Å². The van der Waals surface area contributed by atoms with Gasteiger partial charge >= 0.3 is 0 Å². The lowest BCUT2D eigenvalue weighted by atomic mass is 9.89. The standard InChI is InChI=1S/C18H37NO/c1-16(2)20-17-10-14-19(15-11-17)13-9-7-6-8-12-18(3,4)5/h16-17H,6-15H2,1-5H3. The van der Waals surface area contributed by atoms with E-state index in [2.05, 4.69) is 39.5 Å². The van der Waals surface area contributed by atoms with E-state index in [4.69, 9.17) is 4.74 Å². The van der Waals surface area contributed by atoms with Crippen LogP contribution < -0.4 is 0 Å². The number of hydrogen-bond donors (Lipinski definition) is 0. The number of likely N-dealkylation sites (tertiary alicyclic amines) is 1. The number of rotatable bonds is 8. The molecule has 1 rings (SSSR count). The summed E-state index contributed by atoms with van der Waals surface area (Å²) in [6.07, 6.45) is 10.3. The molecule has 0 aromatic heterocycles. The topological polar surface area (TPSA) is 12.5 Å². The largest absolute Gasteiger partial charge is 0.375 e. The maximum Gasteiger partial charge on any atom is 0.0603 e. The summed E-state index contributed by atoms with van der Waals surface area (Å²) in [4.78, 5) is 2.63. The van der Waals surface area contributed by atoms with Gasteiger partial charge in [0.1, 0.15) is 0 Å². The molecule has 0 unspecified atom stereocenters. The maximum atomic E-state index is 5.90. The number of ether oxygens (including phenoxy) is 1. The van der Waals surface area contributed by atoms with Crippen molar-refractivity contribution in [3.63, 3.8) is 0 Å². The predicted octanol–water partition coefficient (Wildman–Crippen LogP) is 4.87. The van der Waals surface area contributed by atoms with E-state index in [0.29, 0.717) is 17.6 Å². The maximum absolute atomic E-state index is 5.90. The summed E-state index contributed by atoms with van der Waals surface area (Å²) in [5.74, 6) is 0. The zero-order valence-electron chi connectivity index (χ0n) is 14.6. The van der Waals surface area contributed by atoms with Gasteiger partial charge in [0.15, 0.2) is 0 Å². The Morgan fingerprint density at radius 3 is 2.15 bits per heavy atom. The second-order valence-electron chi connectivity index (χ2n) is 7.95. The van der Waals surface area contributed by atoms with Gasteiger partial charge in [-0.3, -0.25) is 0 Å². The molecule has 0 N–H and O–H groups in total. The molecule has 0 bridgehead atoms. The molecule has 0 atom stereocenters. The van der Waals surface area contributed by atoms with Gasteiger partial charge < -0.3 is 9.64 Å². The molecule has 0 saturated carbocycles. The summed E-state index contributed by atoms with van der Waals surface area (Å²) >= 11 is 0. The number of unbranched alkanes of at least 4 members (excludes halogenated alkanes) is 3. The van der Waals surface area contributed by atoms with E-state index < -0.39 is 0 Å². The van der Waals surface area contributed by atoms with Crippen molar-refractivity contribution in [1.82, 2.24) is 4.90 Å². The van der Waals surface area contributed by atoms with E-state index in [1.807, 2.05) is 0 Å². The Balaban J connectivity index is 1.96. The smallest absolute Gasteiger partial charge is 0.0603 e. The molecule has 0 aliphatic carbocycles. The molecule has 1 aliphatic heterocycles. The lowest BCUT2D eigenvalue weighted by molar-refractivity contribution is -0.0268. The first-order valence-electron chi connectivity index (χ1n) is 8.74. The highest BCUT2D eigenvalue weighted by molar-refractivity contribution is 4.73. The molecule has 20 heavy (non-hydrogen) atoms. The van der Waals surface area contributed by atoms with E-state index in [1.54, 1.807) is 0 Å². The minimum Gasteiger partial charge on any atom is -0.375 e. The van der Waals surface area contributed by atoms with Crippen LogP contribution >= 0.6 is 0 Å². The quantitative estimate of drug-likeness (QED) is 0.589. The average molecular weight is 284 g/mol. The summed E-state index contributed by atoms with van der Waals surface area (Å²) < 4.78 is 5.90. The van der Waals surface area contributed by atoms with Crippen LogP contribution in [0.3, 0.4) is 0 Å². The zero-order valence-corrected chi connectivity index (χ0v) is 14.6. The monoisotopic (exact) mass is 283 g/mol. The van der Waals surface area contributed by atoms with Crippen LogP contribution in [0, 0.1) is 5.41 Å². The van der Waals surface area contributed by atoms with Crippen molar-refractivity contribution >= 4 is 0 Å². The van der Waals surface area contributed by atoms with Crippen molar-refractivity contribution in [1.29, 1.82) is 0 Å². The molecular weight excluding hydrogens is 246 g/mol. The van der Waals surface area contributed by atoms with Crippen LogP contribution in [0.15, 0.2) is 0 Å². The summed E-state index contributed by atoms with van der Waals surface area (Å²) in [7, 11) is 0. The summed E-state index contributed by atoms with van der Waals surface area (Å²) in [6.45, 7) is 15.1. The molecule has 0 spiro atoms. The van der Waals surface area contributed by atoms with Crippen LogP contribution in [0.25, 0.3) is 0 Å². The van der Waals surface area contributed by atoms with Crippen molar-refractivity contribution < 1.29 is 4.74 Å². The van der Waals surface area contributed by atoms with Gasteiger partial charge in [-0.15, -0.1) is 0 Å². The number of piperidine rings is 1. The minimum absolute atomic E-state index is 0.384. The normalized spacial score (nSPS) is 18.9. The molecule has 0 radical (unpaired) electrons. The first-order valence-corrected chi connectivity index (χ1v) is 8.74. The molecule has 1 aliphatic rings. The molecule has 1 saturated heterocycles. The van der Waals surface area contributed by atoms with Crippen molar-refractivity contribution in [3.05, 3.63) is 0 Å². The molecule has 1 heterocycles. The minimum atomic E-state index is 0.384. The highest BCUT2D eigenvalue weighted by atomic mass is 16.5. The van der Waals surface area contributed by atoms with Gasteiger partial charge in [0.25, 0.3) is 0 Å². The predicted molar refractivity (Wildman–Crippen MR) is 88.2 cm³/mol. The molecule has 0 amide bonds. The van der Waals surface area contributed by atoms with Crippen LogP contribution in [0.2, 0.25) is 0 Å². The SMILES string of the molecule is CC(C)OC1CCN(CCCCCCC(C)(C)C)CC1. The Morgan fingerprint density at radius 1 is 1.00 bits per heavy atom. The van der Waals surface area contributed by atoms with Crippen molar-refractivity contribution in [2.45, 2.75) is 91.8 Å². The third-order valence-electron chi connectivity index (χ3n) is 4.15. The number of hydrogen-bond acceptors (Lipinski definition) is 2. The Hall–Kier alpha value is -0.0800. The molecule has 0 aromatic carbocycles. The third kappa shape index (κ3) is 8.97. The van der Waals surface area contributed by atoms with Gasteiger partial charge in [0, 0.05) is 13.1 Å². The Morgan fingerprint density at radius 2 is 1.60 bits per heavy atom. The van der Waals surface area contributed by atoms with Gasteiger partial charge in [-0.1, -0.05) is 40.0 Å². The van der Waals surface area contributed by atoms with Crippen molar-refractivity contribution in [2.24, 2.45) is 5.41 Å². The second kappa shape index (κ2) is 9.04. The van der Waals surface area contributed by atoms with Crippen molar-refractivity contribution in [3.8, 4) is 0 Å². The van der Waals surface area contributed by atoms with Gasteiger partial charge in [0.05, 0.1) is 12.2 Å². The average Bonchev–Trinajstić information content (AvgIpc) is 2.33. The van der Waals surface area contributed by atoms with Crippen LogP contribution in [0.1, 0.15) is 79.6 Å².